The van der Waals surface area contributed by atoms with Gasteiger partial charge in [0.05, 0.1) is 0 Å². The Morgan fingerprint density at radius 2 is 1.73 bits per heavy atom. The van der Waals surface area contributed by atoms with E-state index in [1.54, 1.807) is 12.1 Å². The van der Waals surface area contributed by atoms with Crippen molar-refractivity contribution in [2.75, 3.05) is 0 Å². The van der Waals surface area contributed by atoms with E-state index in [2.05, 4.69) is 0 Å². The van der Waals surface area contributed by atoms with Crippen molar-refractivity contribution < 1.29 is 23.2 Å². The van der Waals surface area contributed by atoms with Gasteiger partial charge in [-0.1, -0.05) is 24.3 Å². The molecule has 0 heterocycles. The molecule has 1 aromatic carbocycles. The first-order valence-corrected chi connectivity index (χ1v) is 4.41. The summed E-state index contributed by atoms with van der Waals surface area (Å²) < 4.78 is 35.8. The largest absolute Gasteiger partial charge is 0.488 e. The Bertz CT molecular complexity index is 325. The van der Waals surface area contributed by atoms with Crippen molar-refractivity contribution in [3.8, 4) is 0 Å². The highest BCUT2D eigenvalue weighted by molar-refractivity contribution is 6.59. The van der Waals surface area contributed by atoms with E-state index in [0.717, 1.165) is 0 Å². The zero-order valence-corrected chi connectivity index (χ0v) is 7.83. The molecule has 82 valence electrons. The Kier molecular flexibility index (Phi) is 3.76. The molecule has 2 N–H and O–H groups in total. The summed E-state index contributed by atoms with van der Waals surface area (Å²) in [7, 11) is -1.73. The van der Waals surface area contributed by atoms with Crippen molar-refractivity contribution in [3.05, 3.63) is 29.8 Å². The number of aryl methyl sites for hydroxylation is 1. The second-order valence-corrected chi connectivity index (χ2v) is 3.19. The van der Waals surface area contributed by atoms with Crippen LogP contribution in [0, 0.1) is 0 Å². The van der Waals surface area contributed by atoms with Crippen LogP contribution >= 0.6 is 0 Å². The van der Waals surface area contributed by atoms with Gasteiger partial charge < -0.3 is 10.0 Å². The van der Waals surface area contributed by atoms with Crippen LogP contribution in [0.15, 0.2) is 24.3 Å². The first-order valence-electron chi connectivity index (χ1n) is 4.41. The zero-order valence-electron chi connectivity index (χ0n) is 7.83. The number of benzene rings is 1. The summed E-state index contributed by atoms with van der Waals surface area (Å²) in [5.41, 5.74) is 0.437. The van der Waals surface area contributed by atoms with Crippen LogP contribution in [0.4, 0.5) is 13.2 Å². The third kappa shape index (κ3) is 3.93. The summed E-state index contributed by atoms with van der Waals surface area (Å²) in [5, 5.41) is 17.8. The third-order valence-electron chi connectivity index (χ3n) is 2.01. The molecular formula is C9H10BF3O2. The van der Waals surface area contributed by atoms with Crippen LogP contribution in [-0.4, -0.2) is 23.3 Å². The van der Waals surface area contributed by atoms with Crippen molar-refractivity contribution >= 4 is 12.6 Å². The zero-order chi connectivity index (χ0) is 11.5. The van der Waals surface area contributed by atoms with Gasteiger partial charge in [-0.05, 0) is 17.4 Å². The van der Waals surface area contributed by atoms with E-state index in [0.29, 0.717) is 5.56 Å². The van der Waals surface area contributed by atoms with E-state index >= 15 is 0 Å². The van der Waals surface area contributed by atoms with Gasteiger partial charge >= 0.3 is 13.3 Å². The molecule has 0 atom stereocenters. The van der Waals surface area contributed by atoms with E-state index in [9.17, 15) is 13.2 Å². The lowest BCUT2D eigenvalue weighted by atomic mass is 9.76. The Balaban J connectivity index is 2.76. The highest BCUT2D eigenvalue weighted by Crippen LogP contribution is 2.21. The lowest BCUT2D eigenvalue weighted by Crippen LogP contribution is -2.33. The standard InChI is InChI=1S/C9H10BF3O2/c11-9(12,13)6-5-7-3-1-2-4-8(7)10(14)15/h1-4,14-15H,5-6H2. The summed E-state index contributed by atoms with van der Waals surface area (Å²) in [5.74, 6) is 0. The van der Waals surface area contributed by atoms with E-state index in [1.807, 2.05) is 0 Å². The quantitative estimate of drug-likeness (QED) is 0.738. The Morgan fingerprint density at radius 1 is 1.13 bits per heavy atom. The van der Waals surface area contributed by atoms with E-state index in [1.165, 1.54) is 12.1 Å². The first kappa shape index (κ1) is 12.1. The van der Waals surface area contributed by atoms with Gasteiger partial charge in [0, 0.05) is 6.42 Å². The van der Waals surface area contributed by atoms with Gasteiger partial charge in [0.25, 0.3) is 0 Å². The molecule has 2 nitrogen and oxygen atoms in total. The summed E-state index contributed by atoms with van der Waals surface area (Å²) in [6, 6.07) is 5.97. The molecule has 0 fully saturated rings. The summed E-state index contributed by atoms with van der Waals surface area (Å²) in [4.78, 5) is 0. The molecular weight excluding hydrogens is 208 g/mol. The normalized spacial score (nSPS) is 11.5. The van der Waals surface area contributed by atoms with E-state index in [4.69, 9.17) is 10.0 Å². The average molecular weight is 218 g/mol. The fourth-order valence-electron chi connectivity index (χ4n) is 1.29. The molecule has 1 aromatic rings. The molecule has 0 radical (unpaired) electrons. The van der Waals surface area contributed by atoms with Crippen LogP contribution < -0.4 is 5.46 Å². The van der Waals surface area contributed by atoms with Gasteiger partial charge in [0.2, 0.25) is 0 Å². The minimum absolute atomic E-state index is 0.127. The predicted octanol–water partition coefficient (Wildman–Crippen LogP) is 0.861. The van der Waals surface area contributed by atoms with Crippen LogP contribution in [-0.2, 0) is 6.42 Å². The fraction of sp³-hybridized carbons (Fsp3) is 0.333. The van der Waals surface area contributed by atoms with Crippen molar-refractivity contribution in [3.63, 3.8) is 0 Å². The predicted molar refractivity (Wildman–Crippen MR) is 50.6 cm³/mol. The Labute approximate surface area is 85.5 Å². The molecule has 0 aromatic heterocycles. The maximum atomic E-state index is 11.9. The maximum Gasteiger partial charge on any atom is 0.488 e. The van der Waals surface area contributed by atoms with Gasteiger partial charge in [-0.25, -0.2) is 0 Å². The minimum atomic E-state index is -4.23. The Morgan fingerprint density at radius 3 is 2.27 bits per heavy atom. The fourth-order valence-corrected chi connectivity index (χ4v) is 1.29. The molecule has 6 heteroatoms. The van der Waals surface area contributed by atoms with Crippen LogP contribution in [0.1, 0.15) is 12.0 Å². The molecule has 0 saturated carbocycles. The van der Waals surface area contributed by atoms with Crippen LogP contribution in [0.3, 0.4) is 0 Å². The number of halogens is 3. The monoisotopic (exact) mass is 218 g/mol. The topological polar surface area (TPSA) is 40.5 Å². The van der Waals surface area contributed by atoms with Crippen LogP contribution in [0.5, 0.6) is 0 Å². The lowest BCUT2D eigenvalue weighted by molar-refractivity contribution is -0.133. The minimum Gasteiger partial charge on any atom is -0.423 e. The number of alkyl halides is 3. The highest BCUT2D eigenvalue weighted by atomic mass is 19.4. The van der Waals surface area contributed by atoms with Crippen molar-refractivity contribution in [1.82, 2.24) is 0 Å². The van der Waals surface area contributed by atoms with Crippen molar-refractivity contribution in [2.24, 2.45) is 0 Å². The SMILES string of the molecule is OB(O)c1ccccc1CCC(F)(F)F. The van der Waals surface area contributed by atoms with Gasteiger partial charge in [-0.15, -0.1) is 0 Å². The van der Waals surface area contributed by atoms with Gasteiger partial charge in [0.15, 0.2) is 0 Å². The molecule has 1 rings (SSSR count). The number of hydrogen-bond donors (Lipinski definition) is 2. The molecule has 0 bridgehead atoms. The second kappa shape index (κ2) is 4.68. The molecule has 0 aliphatic rings. The molecule has 0 amide bonds. The van der Waals surface area contributed by atoms with E-state index < -0.39 is 19.7 Å². The molecule has 0 saturated heterocycles. The molecule has 15 heavy (non-hydrogen) atoms. The average Bonchev–Trinajstić information content (AvgIpc) is 2.14. The van der Waals surface area contributed by atoms with Crippen LogP contribution in [0.2, 0.25) is 0 Å². The van der Waals surface area contributed by atoms with Gasteiger partial charge in [-0.2, -0.15) is 13.2 Å². The summed E-state index contributed by atoms with van der Waals surface area (Å²) in [6.45, 7) is 0. The second-order valence-electron chi connectivity index (χ2n) is 3.19. The van der Waals surface area contributed by atoms with E-state index in [-0.39, 0.29) is 11.9 Å². The van der Waals surface area contributed by atoms with Crippen molar-refractivity contribution in [1.29, 1.82) is 0 Å². The Hall–Kier alpha value is -1.01. The third-order valence-corrected chi connectivity index (χ3v) is 2.01. The number of hydrogen-bond acceptors (Lipinski definition) is 2. The van der Waals surface area contributed by atoms with Crippen molar-refractivity contribution in [2.45, 2.75) is 19.0 Å². The van der Waals surface area contributed by atoms with Crippen LogP contribution in [0.25, 0.3) is 0 Å². The lowest BCUT2D eigenvalue weighted by Gasteiger charge is -2.10. The first-order chi connectivity index (χ1) is 6.90. The maximum absolute atomic E-state index is 11.9. The highest BCUT2D eigenvalue weighted by Gasteiger charge is 2.27. The summed E-state index contributed by atoms with van der Waals surface area (Å²) in [6.07, 6.45) is -5.43. The molecule has 0 spiro atoms. The smallest absolute Gasteiger partial charge is 0.423 e. The molecule has 0 unspecified atom stereocenters. The molecule has 0 aliphatic carbocycles. The van der Waals surface area contributed by atoms with Gasteiger partial charge in [-0.3, -0.25) is 0 Å². The number of rotatable bonds is 3. The summed E-state index contributed by atoms with van der Waals surface area (Å²) >= 11 is 0. The van der Waals surface area contributed by atoms with Gasteiger partial charge in [0.1, 0.15) is 0 Å². The molecule has 0 aliphatic heterocycles.